The number of benzene rings is 2. The van der Waals surface area contributed by atoms with Crippen LogP contribution in [0, 0.1) is 6.92 Å². The van der Waals surface area contributed by atoms with Gasteiger partial charge in [0.2, 0.25) is 5.91 Å². The van der Waals surface area contributed by atoms with Gasteiger partial charge in [0.15, 0.2) is 6.61 Å². The molecule has 0 fully saturated rings. The molecule has 0 unspecified atom stereocenters. The number of amides is 1. The van der Waals surface area contributed by atoms with E-state index in [-0.39, 0.29) is 25.7 Å². The Morgan fingerprint density at radius 1 is 1.12 bits per heavy atom. The van der Waals surface area contributed by atoms with Gasteiger partial charge in [-0.3, -0.25) is 4.79 Å². The molecule has 7 heteroatoms. The molecule has 1 amide bonds. The van der Waals surface area contributed by atoms with E-state index in [9.17, 15) is 9.59 Å². The number of rotatable bonds is 8. The van der Waals surface area contributed by atoms with Crippen LogP contribution < -0.4 is 10.1 Å². The molecule has 0 saturated carbocycles. The lowest BCUT2D eigenvalue weighted by Gasteiger charge is -2.11. The first-order valence-electron chi connectivity index (χ1n) is 7.91. The van der Waals surface area contributed by atoms with E-state index in [1.807, 2.05) is 25.1 Å². The SMILES string of the molecule is COC(=O)COc1ccc(NC(=O)COCc2ccccc2Cl)c(C)c1. The molecule has 0 heterocycles. The molecule has 0 aliphatic heterocycles. The molecule has 138 valence electrons. The molecule has 0 bridgehead atoms. The maximum Gasteiger partial charge on any atom is 0.343 e. The summed E-state index contributed by atoms with van der Waals surface area (Å²) in [5.41, 5.74) is 2.26. The lowest BCUT2D eigenvalue weighted by molar-refractivity contribution is -0.142. The van der Waals surface area contributed by atoms with Crippen molar-refractivity contribution in [2.75, 3.05) is 25.6 Å². The van der Waals surface area contributed by atoms with Crippen LogP contribution in [-0.2, 0) is 25.7 Å². The molecule has 2 rings (SSSR count). The fourth-order valence-corrected chi connectivity index (χ4v) is 2.31. The summed E-state index contributed by atoms with van der Waals surface area (Å²) in [4.78, 5) is 23.1. The van der Waals surface area contributed by atoms with E-state index >= 15 is 0 Å². The van der Waals surface area contributed by atoms with Crippen LogP contribution >= 0.6 is 11.6 Å². The number of nitrogens with one attached hydrogen (secondary N) is 1. The first-order chi connectivity index (χ1) is 12.5. The number of ether oxygens (including phenoxy) is 3. The molecule has 0 spiro atoms. The maximum absolute atomic E-state index is 12.0. The molecule has 6 nitrogen and oxygen atoms in total. The van der Waals surface area contributed by atoms with Crippen LogP contribution in [0.3, 0.4) is 0 Å². The summed E-state index contributed by atoms with van der Waals surface area (Å²) in [6, 6.07) is 12.4. The van der Waals surface area contributed by atoms with E-state index < -0.39 is 5.97 Å². The van der Waals surface area contributed by atoms with Crippen LogP contribution in [-0.4, -0.2) is 32.2 Å². The number of carbonyl (C=O) groups is 2. The highest BCUT2D eigenvalue weighted by Crippen LogP contribution is 2.21. The fourth-order valence-electron chi connectivity index (χ4n) is 2.12. The summed E-state index contributed by atoms with van der Waals surface area (Å²) in [6.45, 7) is 1.82. The number of anilines is 1. The van der Waals surface area contributed by atoms with Gasteiger partial charge in [0.05, 0.1) is 13.7 Å². The minimum atomic E-state index is -0.462. The third kappa shape index (κ3) is 6.06. The van der Waals surface area contributed by atoms with E-state index in [0.717, 1.165) is 11.1 Å². The second-order valence-corrected chi connectivity index (χ2v) is 5.88. The fraction of sp³-hybridized carbons (Fsp3) is 0.263. The van der Waals surface area contributed by atoms with Crippen molar-refractivity contribution in [3.05, 3.63) is 58.6 Å². The van der Waals surface area contributed by atoms with Gasteiger partial charge in [0, 0.05) is 10.7 Å². The van der Waals surface area contributed by atoms with Crippen LogP contribution in [0.5, 0.6) is 5.75 Å². The Hall–Kier alpha value is -2.57. The summed E-state index contributed by atoms with van der Waals surface area (Å²) in [5.74, 6) is -0.222. The third-order valence-electron chi connectivity index (χ3n) is 3.50. The Labute approximate surface area is 157 Å². The van der Waals surface area contributed by atoms with E-state index in [1.54, 1.807) is 24.3 Å². The predicted octanol–water partition coefficient (Wildman–Crippen LogP) is 3.36. The summed E-state index contributed by atoms with van der Waals surface area (Å²) < 4.78 is 15.2. The molecule has 2 aromatic rings. The van der Waals surface area contributed by atoms with E-state index in [2.05, 4.69) is 10.1 Å². The van der Waals surface area contributed by atoms with Crippen molar-refractivity contribution in [2.24, 2.45) is 0 Å². The average Bonchev–Trinajstić information content (AvgIpc) is 2.63. The Kier molecular flexibility index (Phi) is 7.44. The minimum Gasteiger partial charge on any atom is -0.482 e. The van der Waals surface area contributed by atoms with Crippen molar-refractivity contribution >= 4 is 29.2 Å². The minimum absolute atomic E-state index is 0.0920. The van der Waals surface area contributed by atoms with Crippen LogP contribution in [0.4, 0.5) is 5.69 Å². The summed E-state index contributed by atoms with van der Waals surface area (Å²) in [6.07, 6.45) is 0. The van der Waals surface area contributed by atoms with Gasteiger partial charge in [0.1, 0.15) is 12.4 Å². The molecule has 0 atom stereocenters. The number of aryl methyl sites for hydroxylation is 1. The third-order valence-corrected chi connectivity index (χ3v) is 3.87. The van der Waals surface area contributed by atoms with E-state index in [1.165, 1.54) is 7.11 Å². The molecule has 0 aromatic heterocycles. The molecular formula is C19H20ClNO5. The number of methoxy groups -OCH3 is 1. The molecule has 0 aliphatic rings. The first-order valence-corrected chi connectivity index (χ1v) is 8.28. The number of hydrogen-bond acceptors (Lipinski definition) is 5. The molecule has 0 saturated heterocycles. The second kappa shape index (κ2) is 9.79. The molecule has 0 aliphatic carbocycles. The predicted molar refractivity (Wildman–Crippen MR) is 98.4 cm³/mol. The van der Waals surface area contributed by atoms with Crippen molar-refractivity contribution in [3.8, 4) is 5.75 Å². The summed E-state index contributed by atoms with van der Waals surface area (Å²) >= 11 is 6.04. The Balaban J connectivity index is 1.82. The molecule has 2 aromatic carbocycles. The topological polar surface area (TPSA) is 73.9 Å². The largest absolute Gasteiger partial charge is 0.482 e. The standard InChI is InChI=1S/C19H20ClNO5/c1-13-9-15(26-12-19(23)24-2)7-8-17(13)21-18(22)11-25-10-14-5-3-4-6-16(14)20/h3-9H,10-12H2,1-2H3,(H,21,22). The number of hydrogen-bond donors (Lipinski definition) is 1. The van der Waals surface area contributed by atoms with Crippen molar-refractivity contribution in [2.45, 2.75) is 13.5 Å². The van der Waals surface area contributed by atoms with Crippen LogP contribution in [0.25, 0.3) is 0 Å². The van der Waals surface area contributed by atoms with Gasteiger partial charge < -0.3 is 19.5 Å². The number of carbonyl (C=O) groups excluding carboxylic acids is 2. The quantitative estimate of drug-likeness (QED) is 0.714. The van der Waals surface area contributed by atoms with Crippen LogP contribution in [0.15, 0.2) is 42.5 Å². The monoisotopic (exact) mass is 377 g/mol. The Morgan fingerprint density at radius 2 is 1.88 bits per heavy atom. The van der Waals surface area contributed by atoms with Crippen molar-refractivity contribution < 1.29 is 23.8 Å². The number of esters is 1. The van der Waals surface area contributed by atoms with E-state index in [0.29, 0.717) is 16.5 Å². The zero-order valence-corrected chi connectivity index (χ0v) is 15.3. The van der Waals surface area contributed by atoms with Gasteiger partial charge in [-0.25, -0.2) is 4.79 Å². The average molecular weight is 378 g/mol. The van der Waals surface area contributed by atoms with Crippen LogP contribution in [0.2, 0.25) is 5.02 Å². The molecule has 1 N–H and O–H groups in total. The molecule has 0 radical (unpaired) electrons. The highest BCUT2D eigenvalue weighted by molar-refractivity contribution is 6.31. The van der Waals surface area contributed by atoms with Gasteiger partial charge in [-0.1, -0.05) is 29.8 Å². The Bertz CT molecular complexity index is 778. The van der Waals surface area contributed by atoms with Crippen LogP contribution in [0.1, 0.15) is 11.1 Å². The summed E-state index contributed by atoms with van der Waals surface area (Å²) in [7, 11) is 1.30. The second-order valence-electron chi connectivity index (χ2n) is 5.47. The van der Waals surface area contributed by atoms with E-state index in [4.69, 9.17) is 21.1 Å². The Morgan fingerprint density at radius 3 is 2.58 bits per heavy atom. The lowest BCUT2D eigenvalue weighted by Crippen LogP contribution is -2.19. The van der Waals surface area contributed by atoms with Gasteiger partial charge in [-0.15, -0.1) is 0 Å². The van der Waals surface area contributed by atoms with Crippen molar-refractivity contribution in [3.63, 3.8) is 0 Å². The zero-order chi connectivity index (χ0) is 18.9. The molecular weight excluding hydrogens is 358 g/mol. The lowest BCUT2D eigenvalue weighted by atomic mass is 10.2. The first kappa shape index (κ1) is 19.8. The van der Waals surface area contributed by atoms with Gasteiger partial charge in [0.25, 0.3) is 0 Å². The van der Waals surface area contributed by atoms with Gasteiger partial charge in [-0.2, -0.15) is 0 Å². The molecule has 26 heavy (non-hydrogen) atoms. The highest BCUT2D eigenvalue weighted by Gasteiger charge is 2.08. The van der Waals surface area contributed by atoms with Crippen molar-refractivity contribution in [1.82, 2.24) is 0 Å². The smallest absolute Gasteiger partial charge is 0.343 e. The van der Waals surface area contributed by atoms with Gasteiger partial charge in [-0.05, 0) is 42.3 Å². The number of halogens is 1. The van der Waals surface area contributed by atoms with Crippen molar-refractivity contribution in [1.29, 1.82) is 0 Å². The van der Waals surface area contributed by atoms with Gasteiger partial charge >= 0.3 is 5.97 Å². The maximum atomic E-state index is 12.0. The summed E-state index contributed by atoms with van der Waals surface area (Å²) in [5, 5.41) is 3.37. The highest BCUT2D eigenvalue weighted by atomic mass is 35.5. The normalized spacial score (nSPS) is 10.3. The zero-order valence-electron chi connectivity index (χ0n) is 14.6.